The Bertz CT molecular complexity index is 1050. The van der Waals surface area contributed by atoms with E-state index in [9.17, 15) is 9.59 Å². The van der Waals surface area contributed by atoms with Crippen LogP contribution in [0.2, 0.25) is 0 Å². The van der Waals surface area contributed by atoms with Gasteiger partial charge < -0.3 is 24.1 Å². The fourth-order valence-corrected chi connectivity index (χ4v) is 3.31. The van der Waals surface area contributed by atoms with Crippen molar-refractivity contribution in [2.75, 3.05) is 37.7 Å². The molecule has 1 aliphatic rings. The minimum absolute atomic E-state index is 0.112. The fraction of sp³-hybridized carbons (Fsp3) is 0.286. The van der Waals surface area contributed by atoms with E-state index in [1.807, 2.05) is 30.0 Å². The predicted octanol–water partition coefficient (Wildman–Crippen LogP) is 2.56. The second kappa shape index (κ2) is 7.83. The van der Waals surface area contributed by atoms with E-state index in [2.05, 4.69) is 4.98 Å². The first-order valence-corrected chi connectivity index (χ1v) is 9.36. The number of fused-ring (bicyclic) bond motifs is 1. The van der Waals surface area contributed by atoms with Gasteiger partial charge in [0, 0.05) is 31.7 Å². The lowest BCUT2D eigenvalue weighted by atomic mass is 10.1. The number of carboxylic acids is 1. The maximum absolute atomic E-state index is 12.8. The van der Waals surface area contributed by atoms with Gasteiger partial charge in [0.2, 0.25) is 0 Å². The van der Waals surface area contributed by atoms with Crippen LogP contribution in [0.25, 0.3) is 11.1 Å². The lowest BCUT2D eigenvalue weighted by molar-refractivity contribution is -0.139. The van der Waals surface area contributed by atoms with E-state index in [0.717, 1.165) is 16.7 Å². The van der Waals surface area contributed by atoms with E-state index in [1.165, 1.54) is 0 Å². The van der Waals surface area contributed by atoms with E-state index in [1.54, 1.807) is 29.2 Å². The van der Waals surface area contributed by atoms with Crippen molar-refractivity contribution in [2.24, 2.45) is 0 Å². The molecule has 0 unspecified atom stereocenters. The summed E-state index contributed by atoms with van der Waals surface area (Å²) in [7, 11) is 0. The Morgan fingerprint density at radius 2 is 1.93 bits per heavy atom. The zero-order chi connectivity index (χ0) is 20.4. The van der Waals surface area contributed by atoms with Crippen LogP contribution < -0.4 is 9.64 Å². The average molecular weight is 395 g/mol. The lowest BCUT2D eigenvalue weighted by Crippen LogP contribution is -2.48. The van der Waals surface area contributed by atoms with Crippen molar-refractivity contribution < 1.29 is 23.8 Å². The zero-order valence-electron chi connectivity index (χ0n) is 16.0. The molecule has 8 heteroatoms. The standard InChI is InChI=1S/C21H21N3O5/c1-14-5-6-18-17(11-14)22-21(29-18)24-9-7-23(8-10-24)20(27)15-3-2-4-16(12-15)28-13-19(25)26/h2-6,11-12H,7-10,13H2,1H3,(H,25,26). The molecule has 2 aromatic carbocycles. The molecule has 1 saturated heterocycles. The lowest BCUT2D eigenvalue weighted by Gasteiger charge is -2.33. The van der Waals surface area contributed by atoms with Crippen LogP contribution in [-0.4, -0.2) is 59.7 Å². The highest BCUT2D eigenvalue weighted by Gasteiger charge is 2.25. The van der Waals surface area contributed by atoms with Crippen molar-refractivity contribution in [1.82, 2.24) is 9.88 Å². The number of carbonyl (C=O) groups is 2. The Morgan fingerprint density at radius 1 is 1.14 bits per heavy atom. The summed E-state index contributed by atoms with van der Waals surface area (Å²) in [6.07, 6.45) is 0. The molecule has 0 bridgehead atoms. The van der Waals surface area contributed by atoms with Gasteiger partial charge in [0.1, 0.15) is 11.3 Å². The Balaban J connectivity index is 1.40. The van der Waals surface area contributed by atoms with Crippen LogP contribution in [0.1, 0.15) is 15.9 Å². The number of ether oxygens (including phenoxy) is 1. The van der Waals surface area contributed by atoms with Crippen molar-refractivity contribution in [1.29, 1.82) is 0 Å². The number of rotatable bonds is 5. The molecule has 0 aliphatic carbocycles. The van der Waals surface area contributed by atoms with Crippen LogP contribution in [0.4, 0.5) is 6.01 Å². The van der Waals surface area contributed by atoms with Crippen molar-refractivity contribution >= 4 is 29.0 Å². The number of hydrogen-bond donors (Lipinski definition) is 1. The number of carboxylic acid groups (broad SMARTS) is 1. The first-order chi connectivity index (χ1) is 14.0. The van der Waals surface area contributed by atoms with E-state index < -0.39 is 12.6 Å². The Morgan fingerprint density at radius 3 is 2.69 bits per heavy atom. The molecule has 150 valence electrons. The molecule has 0 atom stereocenters. The smallest absolute Gasteiger partial charge is 0.341 e. The second-order valence-electron chi connectivity index (χ2n) is 6.96. The van der Waals surface area contributed by atoms with Crippen molar-refractivity contribution in [2.45, 2.75) is 6.92 Å². The Kier molecular flexibility index (Phi) is 5.07. The quantitative estimate of drug-likeness (QED) is 0.709. The maximum atomic E-state index is 12.8. The minimum Gasteiger partial charge on any atom is -0.482 e. The molecule has 0 radical (unpaired) electrons. The molecule has 2 heterocycles. The van der Waals surface area contributed by atoms with E-state index in [0.29, 0.717) is 43.5 Å². The molecule has 1 amide bonds. The molecule has 1 fully saturated rings. The summed E-state index contributed by atoms with van der Waals surface area (Å²) in [6, 6.07) is 13.0. The molecule has 1 N–H and O–H groups in total. The van der Waals surface area contributed by atoms with Crippen LogP contribution in [0.3, 0.4) is 0 Å². The summed E-state index contributed by atoms with van der Waals surface area (Å²) < 4.78 is 11.0. The third kappa shape index (κ3) is 4.16. The van der Waals surface area contributed by atoms with Gasteiger partial charge in [-0.1, -0.05) is 12.1 Å². The van der Waals surface area contributed by atoms with Crippen LogP contribution in [0, 0.1) is 6.92 Å². The number of amides is 1. The largest absolute Gasteiger partial charge is 0.482 e. The predicted molar refractivity (Wildman–Crippen MR) is 106 cm³/mol. The van der Waals surface area contributed by atoms with Gasteiger partial charge in [0.25, 0.3) is 11.9 Å². The molecule has 8 nitrogen and oxygen atoms in total. The number of piperazine rings is 1. The molecule has 1 aromatic heterocycles. The molecule has 0 spiro atoms. The van der Waals surface area contributed by atoms with E-state index >= 15 is 0 Å². The number of benzene rings is 2. The molecule has 4 rings (SSSR count). The second-order valence-corrected chi connectivity index (χ2v) is 6.96. The highest BCUT2D eigenvalue weighted by Crippen LogP contribution is 2.24. The van der Waals surface area contributed by atoms with Gasteiger partial charge >= 0.3 is 5.97 Å². The van der Waals surface area contributed by atoms with Crippen LogP contribution >= 0.6 is 0 Å². The van der Waals surface area contributed by atoms with Crippen molar-refractivity contribution in [3.05, 3.63) is 53.6 Å². The Hall–Kier alpha value is -3.55. The monoisotopic (exact) mass is 395 g/mol. The molecule has 29 heavy (non-hydrogen) atoms. The number of aliphatic carboxylic acids is 1. The number of hydrogen-bond acceptors (Lipinski definition) is 6. The topological polar surface area (TPSA) is 96.1 Å². The van der Waals surface area contributed by atoms with Crippen molar-refractivity contribution in [3.8, 4) is 5.75 Å². The van der Waals surface area contributed by atoms with E-state index in [4.69, 9.17) is 14.3 Å². The summed E-state index contributed by atoms with van der Waals surface area (Å²) in [6.45, 7) is 3.88. The van der Waals surface area contributed by atoms with Gasteiger partial charge in [-0.05, 0) is 42.8 Å². The normalized spacial score (nSPS) is 14.2. The number of carbonyl (C=O) groups excluding carboxylic acids is 1. The van der Waals surface area contributed by atoms with Gasteiger partial charge in [0.05, 0.1) is 0 Å². The SMILES string of the molecule is Cc1ccc2oc(N3CCN(C(=O)c4cccc(OCC(=O)O)c4)CC3)nc2c1. The highest BCUT2D eigenvalue weighted by atomic mass is 16.5. The summed E-state index contributed by atoms with van der Waals surface area (Å²) in [4.78, 5) is 31.8. The molecule has 0 saturated carbocycles. The summed E-state index contributed by atoms with van der Waals surface area (Å²) in [5.41, 5.74) is 3.18. The first kappa shape index (κ1) is 18.8. The molecule has 3 aromatic rings. The van der Waals surface area contributed by atoms with Gasteiger partial charge in [-0.3, -0.25) is 4.79 Å². The number of oxazole rings is 1. The fourth-order valence-electron chi connectivity index (χ4n) is 3.31. The molecule has 1 aliphatic heterocycles. The summed E-state index contributed by atoms with van der Waals surface area (Å²) in [5.74, 6) is -0.815. The summed E-state index contributed by atoms with van der Waals surface area (Å²) in [5, 5.41) is 8.72. The highest BCUT2D eigenvalue weighted by molar-refractivity contribution is 5.94. The van der Waals surface area contributed by atoms with Gasteiger partial charge in [-0.2, -0.15) is 4.98 Å². The molecular weight excluding hydrogens is 374 g/mol. The average Bonchev–Trinajstić information content (AvgIpc) is 3.15. The maximum Gasteiger partial charge on any atom is 0.341 e. The number of aromatic nitrogens is 1. The van der Waals surface area contributed by atoms with Crippen molar-refractivity contribution in [3.63, 3.8) is 0 Å². The third-order valence-electron chi connectivity index (χ3n) is 4.81. The third-order valence-corrected chi connectivity index (χ3v) is 4.81. The van der Waals surface area contributed by atoms with Crippen LogP contribution in [0.5, 0.6) is 5.75 Å². The van der Waals surface area contributed by atoms with Gasteiger partial charge in [-0.15, -0.1) is 0 Å². The number of aryl methyl sites for hydroxylation is 1. The van der Waals surface area contributed by atoms with E-state index in [-0.39, 0.29) is 5.91 Å². The summed E-state index contributed by atoms with van der Waals surface area (Å²) >= 11 is 0. The number of nitrogens with zero attached hydrogens (tertiary/aromatic N) is 3. The Labute approximate surface area is 167 Å². The zero-order valence-corrected chi connectivity index (χ0v) is 16.0. The molecular formula is C21H21N3O5. The number of anilines is 1. The van der Waals surface area contributed by atoms with Crippen LogP contribution in [0.15, 0.2) is 46.9 Å². The van der Waals surface area contributed by atoms with Crippen LogP contribution in [-0.2, 0) is 4.79 Å². The van der Waals surface area contributed by atoms with Gasteiger partial charge in [-0.25, -0.2) is 4.79 Å². The first-order valence-electron chi connectivity index (χ1n) is 9.36. The van der Waals surface area contributed by atoms with Gasteiger partial charge in [0.15, 0.2) is 12.2 Å². The minimum atomic E-state index is -1.06.